The van der Waals surface area contributed by atoms with Gasteiger partial charge in [-0.1, -0.05) is 44.2 Å². The summed E-state index contributed by atoms with van der Waals surface area (Å²) in [4.78, 5) is 49.7. The molecule has 0 aliphatic rings. The van der Waals surface area contributed by atoms with E-state index in [4.69, 9.17) is 11.5 Å². The van der Waals surface area contributed by atoms with Crippen molar-refractivity contribution in [3.63, 3.8) is 0 Å². The van der Waals surface area contributed by atoms with Gasteiger partial charge in [0, 0.05) is 6.42 Å². The van der Waals surface area contributed by atoms with Crippen molar-refractivity contribution in [1.82, 2.24) is 16.0 Å². The standard InChI is InChI=1S/C23H37N5O5/c1-14(2)19(23(32)33)28-22(31)18(13-16-9-5-4-6-10-16)27-21(30)17(11-7-8-12-24)26-20(29)15(3)25/h4-6,9-10,14-15,17-19H,7-8,11-13,24-25H2,1-3H3,(H,26,29)(H,27,30)(H,28,31)(H,32,33). The fraction of sp³-hybridized carbons (Fsp3) is 0.565. The summed E-state index contributed by atoms with van der Waals surface area (Å²) in [5.41, 5.74) is 11.9. The topological polar surface area (TPSA) is 177 Å². The van der Waals surface area contributed by atoms with Gasteiger partial charge >= 0.3 is 5.97 Å². The number of rotatable bonds is 14. The second-order valence-electron chi connectivity index (χ2n) is 8.45. The predicted molar refractivity (Wildman–Crippen MR) is 125 cm³/mol. The quantitative estimate of drug-likeness (QED) is 0.209. The number of carboxylic acid groups (broad SMARTS) is 1. The van der Waals surface area contributed by atoms with E-state index in [1.165, 1.54) is 6.92 Å². The average molecular weight is 464 g/mol. The van der Waals surface area contributed by atoms with Crippen LogP contribution in [0.5, 0.6) is 0 Å². The number of unbranched alkanes of at least 4 members (excludes halogenated alkanes) is 1. The summed E-state index contributed by atoms with van der Waals surface area (Å²) in [5.74, 6) is -3.17. The van der Waals surface area contributed by atoms with Gasteiger partial charge in [-0.05, 0) is 44.2 Å². The van der Waals surface area contributed by atoms with Gasteiger partial charge < -0.3 is 32.5 Å². The Morgan fingerprint density at radius 1 is 0.879 bits per heavy atom. The molecule has 8 N–H and O–H groups in total. The van der Waals surface area contributed by atoms with E-state index in [1.54, 1.807) is 38.1 Å². The zero-order chi connectivity index (χ0) is 25.0. The van der Waals surface area contributed by atoms with E-state index in [2.05, 4.69) is 16.0 Å². The number of carbonyl (C=O) groups excluding carboxylic acids is 3. The number of nitrogens with one attached hydrogen (secondary N) is 3. The van der Waals surface area contributed by atoms with Crippen molar-refractivity contribution in [2.45, 2.75) is 70.6 Å². The average Bonchev–Trinajstić information content (AvgIpc) is 2.76. The molecule has 4 unspecified atom stereocenters. The molecule has 0 fully saturated rings. The Balaban J connectivity index is 3.08. The van der Waals surface area contributed by atoms with Crippen LogP contribution in [0.1, 0.15) is 45.6 Å². The number of nitrogens with two attached hydrogens (primary N) is 2. The van der Waals surface area contributed by atoms with E-state index in [0.29, 0.717) is 25.8 Å². The largest absolute Gasteiger partial charge is 0.480 e. The van der Waals surface area contributed by atoms with Gasteiger partial charge in [0.2, 0.25) is 17.7 Å². The van der Waals surface area contributed by atoms with Crippen LogP contribution in [0.25, 0.3) is 0 Å². The first kappa shape index (κ1) is 28.1. The van der Waals surface area contributed by atoms with Gasteiger partial charge in [0.25, 0.3) is 0 Å². The van der Waals surface area contributed by atoms with Crippen molar-refractivity contribution in [2.24, 2.45) is 17.4 Å². The van der Waals surface area contributed by atoms with Crippen LogP contribution in [0, 0.1) is 5.92 Å². The molecule has 0 aromatic heterocycles. The Morgan fingerprint density at radius 3 is 1.97 bits per heavy atom. The normalized spacial score (nSPS) is 14.6. The third-order valence-corrected chi connectivity index (χ3v) is 5.14. The van der Waals surface area contributed by atoms with Crippen molar-refractivity contribution < 1.29 is 24.3 Å². The molecule has 33 heavy (non-hydrogen) atoms. The molecule has 10 heteroatoms. The summed E-state index contributed by atoms with van der Waals surface area (Å²) in [7, 11) is 0. The second-order valence-corrected chi connectivity index (χ2v) is 8.45. The van der Waals surface area contributed by atoms with Gasteiger partial charge in [0.1, 0.15) is 18.1 Å². The van der Waals surface area contributed by atoms with Crippen LogP contribution in [0.15, 0.2) is 30.3 Å². The summed E-state index contributed by atoms with van der Waals surface area (Å²) < 4.78 is 0. The van der Waals surface area contributed by atoms with Gasteiger partial charge in [-0.3, -0.25) is 14.4 Å². The van der Waals surface area contributed by atoms with E-state index >= 15 is 0 Å². The maximum atomic E-state index is 13.1. The molecule has 184 valence electrons. The van der Waals surface area contributed by atoms with Crippen LogP contribution in [0.2, 0.25) is 0 Å². The molecule has 0 aliphatic carbocycles. The van der Waals surface area contributed by atoms with Crippen molar-refractivity contribution >= 4 is 23.7 Å². The van der Waals surface area contributed by atoms with Crippen LogP contribution >= 0.6 is 0 Å². The Morgan fingerprint density at radius 2 is 1.45 bits per heavy atom. The molecule has 10 nitrogen and oxygen atoms in total. The first-order valence-electron chi connectivity index (χ1n) is 11.2. The van der Waals surface area contributed by atoms with Crippen molar-refractivity contribution in [3.05, 3.63) is 35.9 Å². The third kappa shape index (κ3) is 10.0. The van der Waals surface area contributed by atoms with Gasteiger partial charge in [-0.15, -0.1) is 0 Å². The highest BCUT2D eigenvalue weighted by atomic mass is 16.4. The zero-order valence-electron chi connectivity index (χ0n) is 19.5. The molecule has 0 radical (unpaired) electrons. The summed E-state index contributed by atoms with van der Waals surface area (Å²) in [5, 5.41) is 17.3. The number of benzene rings is 1. The summed E-state index contributed by atoms with van der Waals surface area (Å²) in [6, 6.07) is 5.20. The van der Waals surface area contributed by atoms with Crippen LogP contribution in [-0.2, 0) is 25.6 Å². The molecule has 0 saturated carbocycles. The van der Waals surface area contributed by atoms with Crippen molar-refractivity contribution in [2.75, 3.05) is 6.54 Å². The lowest BCUT2D eigenvalue weighted by molar-refractivity contribution is -0.143. The van der Waals surface area contributed by atoms with E-state index in [9.17, 15) is 24.3 Å². The summed E-state index contributed by atoms with van der Waals surface area (Å²) >= 11 is 0. The number of hydrogen-bond donors (Lipinski definition) is 6. The fourth-order valence-corrected chi connectivity index (χ4v) is 3.16. The maximum Gasteiger partial charge on any atom is 0.326 e. The molecule has 1 aromatic carbocycles. The molecule has 0 spiro atoms. The highest BCUT2D eigenvalue weighted by Gasteiger charge is 2.31. The Labute approximate surface area is 194 Å². The van der Waals surface area contributed by atoms with Gasteiger partial charge in [0.15, 0.2) is 0 Å². The smallest absolute Gasteiger partial charge is 0.326 e. The Kier molecular flexibility index (Phi) is 12.1. The Hall–Kier alpha value is -2.98. The molecular formula is C23H37N5O5. The molecule has 0 heterocycles. The summed E-state index contributed by atoms with van der Waals surface area (Å²) in [6.07, 6.45) is 1.74. The van der Waals surface area contributed by atoms with E-state index in [1.807, 2.05) is 6.07 Å². The number of carbonyl (C=O) groups is 4. The molecule has 0 bridgehead atoms. The molecule has 4 atom stereocenters. The van der Waals surface area contributed by atoms with Crippen LogP contribution < -0.4 is 27.4 Å². The van der Waals surface area contributed by atoms with E-state index < -0.39 is 47.9 Å². The zero-order valence-corrected chi connectivity index (χ0v) is 19.5. The first-order chi connectivity index (χ1) is 15.6. The number of hydrogen-bond acceptors (Lipinski definition) is 6. The first-order valence-corrected chi connectivity index (χ1v) is 11.2. The lowest BCUT2D eigenvalue weighted by atomic mass is 10.0. The minimum Gasteiger partial charge on any atom is -0.480 e. The highest BCUT2D eigenvalue weighted by molar-refractivity contribution is 5.94. The van der Waals surface area contributed by atoms with E-state index in [-0.39, 0.29) is 12.3 Å². The van der Waals surface area contributed by atoms with Gasteiger partial charge in [-0.25, -0.2) is 4.79 Å². The minimum atomic E-state index is -1.16. The monoisotopic (exact) mass is 463 g/mol. The maximum absolute atomic E-state index is 13.1. The lowest BCUT2D eigenvalue weighted by Gasteiger charge is -2.26. The third-order valence-electron chi connectivity index (χ3n) is 5.14. The van der Waals surface area contributed by atoms with Crippen molar-refractivity contribution in [1.29, 1.82) is 0 Å². The number of aliphatic carboxylic acids is 1. The predicted octanol–water partition coefficient (Wildman–Crippen LogP) is -0.0997. The Bertz CT molecular complexity index is 785. The fourth-order valence-electron chi connectivity index (χ4n) is 3.16. The number of carboxylic acids is 1. The second kappa shape index (κ2) is 14.2. The lowest BCUT2D eigenvalue weighted by Crippen LogP contribution is -2.58. The van der Waals surface area contributed by atoms with Gasteiger partial charge in [-0.2, -0.15) is 0 Å². The molecule has 1 rings (SSSR count). The van der Waals surface area contributed by atoms with Crippen LogP contribution in [0.4, 0.5) is 0 Å². The summed E-state index contributed by atoms with van der Waals surface area (Å²) in [6.45, 7) is 5.32. The molecule has 0 saturated heterocycles. The van der Waals surface area contributed by atoms with Gasteiger partial charge in [0.05, 0.1) is 6.04 Å². The molecule has 0 aliphatic heterocycles. The van der Waals surface area contributed by atoms with Crippen LogP contribution in [-0.4, -0.2) is 59.5 Å². The van der Waals surface area contributed by atoms with Crippen molar-refractivity contribution in [3.8, 4) is 0 Å². The van der Waals surface area contributed by atoms with E-state index in [0.717, 1.165) is 5.56 Å². The molecular weight excluding hydrogens is 426 g/mol. The number of amides is 3. The highest BCUT2D eigenvalue weighted by Crippen LogP contribution is 2.08. The minimum absolute atomic E-state index is 0.152. The molecule has 3 amide bonds. The SMILES string of the molecule is CC(N)C(=O)NC(CCCCN)C(=O)NC(Cc1ccccc1)C(=O)NC(C(=O)O)C(C)C. The molecule has 1 aromatic rings. The van der Waals surface area contributed by atoms with Crippen LogP contribution in [0.3, 0.4) is 0 Å².